The van der Waals surface area contributed by atoms with E-state index in [1.54, 1.807) is 17.5 Å². The highest BCUT2D eigenvalue weighted by Crippen LogP contribution is 2.22. The van der Waals surface area contributed by atoms with Crippen molar-refractivity contribution >= 4 is 11.6 Å². The monoisotopic (exact) mass is 267 g/mol. The van der Waals surface area contributed by atoms with E-state index in [-0.39, 0.29) is 0 Å². The first kappa shape index (κ1) is 12.3. The normalized spacial score (nSPS) is 10.7. The highest BCUT2D eigenvalue weighted by atomic mass is 16.5. The van der Waals surface area contributed by atoms with Crippen LogP contribution in [-0.2, 0) is 4.74 Å². The quantitative estimate of drug-likeness (QED) is 0.669. The van der Waals surface area contributed by atoms with E-state index < -0.39 is 5.97 Å². The van der Waals surface area contributed by atoms with Gasteiger partial charge in [-0.15, -0.1) is 0 Å². The van der Waals surface area contributed by atoms with E-state index >= 15 is 0 Å². The Hall–Kier alpha value is -2.69. The average Bonchev–Trinajstić information content (AvgIpc) is 2.87. The van der Waals surface area contributed by atoms with Crippen molar-refractivity contribution in [2.24, 2.45) is 0 Å². The molecule has 3 aromatic rings. The molecule has 0 amide bonds. The number of carbonyl (C=O) groups is 1. The number of aryl methyl sites for hydroxylation is 1. The minimum absolute atomic E-state index is 0.410. The number of esters is 1. The molecule has 0 radical (unpaired) electrons. The van der Waals surface area contributed by atoms with Crippen molar-refractivity contribution in [2.75, 3.05) is 7.11 Å². The third kappa shape index (κ3) is 1.93. The molecule has 20 heavy (non-hydrogen) atoms. The number of carbonyl (C=O) groups excluding carboxylic acids is 1. The molecule has 0 saturated carbocycles. The van der Waals surface area contributed by atoms with Crippen LogP contribution in [0.1, 0.15) is 16.2 Å². The Morgan fingerprint density at radius 3 is 2.60 bits per heavy atom. The molecular weight excluding hydrogens is 254 g/mol. The fourth-order valence-corrected chi connectivity index (χ4v) is 2.16. The van der Waals surface area contributed by atoms with E-state index in [4.69, 9.17) is 4.74 Å². The third-order valence-corrected chi connectivity index (χ3v) is 3.06. The van der Waals surface area contributed by atoms with Gasteiger partial charge in [0, 0.05) is 5.56 Å². The van der Waals surface area contributed by atoms with Crippen LogP contribution in [0.15, 0.2) is 42.5 Å². The van der Waals surface area contributed by atoms with Crippen LogP contribution >= 0.6 is 0 Å². The van der Waals surface area contributed by atoms with Crippen molar-refractivity contribution in [3.05, 3.63) is 53.9 Å². The van der Waals surface area contributed by atoms with Gasteiger partial charge in [0.05, 0.1) is 12.8 Å². The van der Waals surface area contributed by atoms with Gasteiger partial charge >= 0.3 is 5.97 Å². The van der Waals surface area contributed by atoms with Gasteiger partial charge in [-0.2, -0.15) is 5.10 Å². The molecule has 0 saturated heterocycles. The zero-order chi connectivity index (χ0) is 14.1. The van der Waals surface area contributed by atoms with Crippen LogP contribution in [0.25, 0.3) is 16.9 Å². The second-order valence-corrected chi connectivity index (χ2v) is 4.38. The summed E-state index contributed by atoms with van der Waals surface area (Å²) in [5.41, 5.74) is 2.82. The van der Waals surface area contributed by atoms with E-state index in [0.717, 1.165) is 11.3 Å². The van der Waals surface area contributed by atoms with Crippen LogP contribution in [0.2, 0.25) is 0 Å². The maximum absolute atomic E-state index is 11.8. The van der Waals surface area contributed by atoms with Crippen molar-refractivity contribution in [3.8, 4) is 11.3 Å². The van der Waals surface area contributed by atoms with E-state index in [0.29, 0.717) is 17.0 Å². The maximum atomic E-state index is 11.8. The summed E-state index contributed by atoms with van der Waals surface area (Å²) in [6, 6.07) is 13.4. The van der Waals surface area contributed by atoms with Gasteiger partial charge in [0.1, 0.15) is 11.4 Å². The van der Waals surface area contributed by atoms with Gasteiger partial charge in [-0.05, 0) is 19.1 Å². The summed E-state index contributed by atoms with van der Waals surface area (Å²) in [6.07, 6.45) is 0. The minimum atomic E-state index is -0.415. The largest absolute Gasteiger partial charge is 0.465 e. The maximum Gasteiger partial charge on any atom is 0.341 e. The van der Waals surface area contributed by atoms with Crippen LogP contribution in [0, 0.1) is 6.92 Å². The molecule has 3 rings (SSSR count). The standard InChI is InChI=1S/C15H13N3O2/c1-10-16-14-12(15(19)20-2)8-9-13(18(14)17-10)11-6-4-3-5-7-11/h3-9H,1-2H3. The van der Waals surface area contributed by atoms with Crippen LogP contribution in [0.3, 0.4) is 0 Å². The zero-order valence-corrected chi connectivity index (χ0v) is 11.2. The van der Waals surface area contributed by atoms with Gasteiger partial charge in [0.15, 0.2) is 5.65 Å². The Morgan fingerprint density at radius 2 is 1.90 bits per heavy atom. The van der Waals surface area contributed by atoms with E-state index in [1.807, 2.05) is 36.4 Å². The summed E-state index contributed by atoms with van der Waals surface area (Å²) >= 11 is 0. The highest BCUT2D eigenvalue weighted by Gasteiger charge is 2.16. The number of hydrogen-bond donors (Lipinski definition) is 0. The highest BCUT2D eigenvalue weighted by molar-refractivity contribution is 5.96. The fraction of sp³-hybridized carbons (Fsp3) is 0.133. The summed E-state index contributed by atoms with van der Waals surface area (Å²) in [5, 5.41) is 4.36. The number of pyridine rings is 1. The third-order valence-electron chi connectivity index (χ3n) is 3.06. The Balaban J connectivity index is 2.29. The van der Waals surface area contributed by atoms with Crippen molar-refractivity contribution in [1.82, 2.24) is 14.6 Å². The molecule has 0 N–H and O–H groups in total. The first-order valence-electron chi connectivity index (χ1n) is 6.21. The molecule has 0 spiro atoms. The van der Waals surface area contributed by atoms with Crippen LogP contribution in [-0.4, -0.2) is 27.7 Å². The molecule has 2 aromatic heterocycles. The van der Waals surface area contributed by atoms with Crippen molar-refractivity contribution in [1.29, 1.82) is 0 Å². The average molecular weight is 267 g/mol. The summed E-state index contributed by atoms with van der Waals surface area (Å²) in [4.78, 5) is 16.1. The molecule has 1 aromatic carbocycles. The number of aromatic nitrogens is 3. The van der Waals surface area contributed by atoms with E-state index in [2.05, 4.69) is 10.1 Å². The molecule has 0 aliphatic heterocycles. The Morgan fingerprint density at radius 1 is 1.15 bits per heavy atom. The van der Waals surface area contributed by atoms with Crippen molar-refractivity contribution in [3.63, 3.8) is 0 Å². The topological polar surface area (TPSA) is 56.5 Å². The molecule has 2 heterocycles. The predicted molar refractivity (Wildman–Crippen MR) is 74.5 cm³/mol. The zero-order valence-electron chi connectivity index (χ0n) is 11.2. The number of fused-ring (bicyclic) bond motifs is 1. The van der Waals surface area contributed by atoms with Crippen LogP contribution in [0.4, 0.5) is 0 Å². The van der Waals surface area contributed by atoms with Gasteiger partial charge in [-0.3, -0.25) is 0 Å². The van der Waals surface area contributed by atoms with Gasteiger partial charge in [-0.1, -0.05) is 30.3 Å². The fourth-order valence-electron chi connectivity index (χ4n) is 2.16. The molecule has 0 bridgehead atoms. The molecule has 0 aliphatic carbocycles. The second-order valence-electron chi connectivity index (χ2n) is 4.38. The number of rotatable bonds is 2. The van der Waals surface area contributed by atoms with E-state index in [9.17, 15) is 4.79 Å². The van der Waals surface area contributed by atoms with Crippen LogP contribution in [0.5, 0.6) is 0 Å². The van der Waals surface area contributed by atoms with Crippen molar-refractivity contribution in [2.45, 2.75) is 6.92 Å². The molecule has 5 nitrogen and oxygen atoms in total. The van der Waals surface area contributed by atoms with Gasteiger partial charge in [0.25, 0.3) is 0 Å². The van der Waals surface area contributed by atoms with Gasteiger partial charge in [0.2, 0.25) is 0 Å². The minimum Gasteiger partial charge on any atom is -0.465 e. The smallest absolute Gasteiger partial charge is 0.341 e. The molecule has 0 atom stereocenters. The lowest BCUT2D eigenvalue weighted by molar-refractivity contribution is 0.0602. The van der Waals surface area contributed by atoms with Gasteiger partial charge in [-0.25, -0.2) is 14.3 Å². The van der Waals surface area contributed by atoms with Crippen LogP contribution < -0.4 is 0 Å². The Kier molecular flexibility index (Phi) is 2.95. The number of benzene rings is 1. The second kappa shape index (κ2) is 4.77. The summed E-state index contributed by atoms with van der Waals surface area (Å²) in [5.74, 6) is 0.195. The summed E-state index contributed by atoms with van der Waals surface area (Å²) in [7, 11) is 1.35. The molecule has 0 aliphatic rings. The van der Waals surface area contributed by atoms with Gasteiger partial charge < -0.3 is 4.74 Å². The predicted octanol–water partition coefficient (Wildman–Crippen LogP) is 2.49. The number of methoxy groups -OCH3 is 1. The summed E-state index contributed by atoms with van der Waals surface area (Å²) < 4.78 is 6.46. The number of ether oxygens (including phenoxy) is 1. The number of hydrogen-bond acceptors (Lipinski definition) is 4. The SMILES string of the molecule is COC(=O)c1ccc(-c2ccccc2)n2nc(C)nc12. The molecule has 0 unspecified atom stereocenters. The molecule has 5 heteroatoms. The number of nitrogens with zero attached hydrogens (tertiary/aromatic N) is 3. The lowest BCUT2D eigenvalue weighted by Gasteiger charge is -2.07. The lowest BCUT2D eigenvalue weighted by atomic mass is 10.1. The molecular formula is C15H13N3O2. The first-order chi connectivity index (χ1) is 9.70. The van der Waals surface area contributed by atoms with Crippen molar-refractivity contribution < 1.29 is 9.53 Å². The summed E-state index contributed by atoms with van der Waals surface area (Å²) in [6.45, 7) is 1.79. The first-order valence-corrected chi connectivity index (χ1v) is 6.21. The molecule has 100 valence electrons. The Bertz CT molecular complexity index is 778. The Labute approximate surface area is 115 Å². The van der Waals surface area contributed by atoms with E-state index in [1.165, 1.54) is 7.11 Å². The molecule has 0 fully saturated rings. The lowest BCUT2D eigenvalue weighted by Crippen LogP contribution is -2.06.